The van der Waals surface area contributed by atoms with E-state index in [1.165, 1.54) is 131 Å². The number of rotatable bonds is 7. The van der Waals surface area contributed by atoms with Crippen LogP contribution >= 0.6 is 0 Å². The molecule has 5 saturated carbocycles. The van der Waals surface area contributed by atoms with Crippen molar-refractivity contribution in [3.63, 3.8) is 0 Å². The van der Waals surface area contributed by atoms with E-state index in [0.717, 1.165) is 29.6 Å². The van der Waals surface area contributed by atoms with Gasteiger partial charge in [-0.3, -0.25) is 0 Å². The van der Waals surface area contributed by atoms with Crippen LogP contribution in [0.3, 0.4) is 0 Å². The maximum atomic E-state index is 2.57. The Labute approximate surface area is 334 Å². The molecule has 6 aliphatic rings. The molecule has 6 aromatic carbocycles. The smallest absolute Gasteiger partial charge is 0.0471 e. The third kappa shape index (κ3) is 5.71. The lowest BCUT2D eigenvalue weighted by Crippen LogP contribution is -2.43. The molecule has 6 aromatic rings. The van der Waals surface area contributed by atoms with E-state index in [0.29, 0.717) is 5.92 Å². The average molecular weight is 730 g/mol. The van der Waals surface area contributed by atoms with Crippen molar-refractivity contribution in [2.45, 2.75) is 95.3 Å². The van der Waals surface area contributed by atoms with Crippen molar-refractivity contribution < 1.29 is 0 Å². The first-order chi connectivity index (χ1) is 27.5. The standard InChI is InChI=1S/C55H55N/c1-55(2)51-20-12-11-19-49(51)54-50(48-18-10-9-17-47(48)40-15-7-4-8-16-40)34-46(35-52(54)55)56(44-25-21-39(22-26-44)38-13-5-3-6-14-38)45-27-23-41(24-28-45)53-42-30-36-29-37(32-42)33-43(53)31-36/h4,7-12,15-28,34-38,42-43,53H,3,5-6,13-14,29-33H2,1-2H3. The van der Waals surface area contributed by atoms with E-state index in [1.54, 1.807) is 5.56 Å². The van der Waals surface area contributed by atoms with Gasteiger partial charge in [-0.1, -0.05) is 136 Å². The number of hydrogen-bond donors (Lipinski definition) is 0. The lowest BCUT2D eigenvalue weighted by Gasteiger charge is -2.54. The summed E-state index contributed by atoms with van der Waals surface area (Å²) in [6.07, 6.45) is 14.1. The maximum absolute atomic E-state index is 2.57. The second kappa shape index (κ2) is 13.7. The molecular formula is C55H55N. The van der Waals surface area contributed by atoms with Gasteiger partial charge < -0.3 is 4.90 Å². The summed E-state index contributed by atoms with van der Waals surface area (Å²) in [4.78, 5) is 2.57. The predicted molar refractivity (Wildman–Crippen MR) is 235 cm³/mol. The molecule has 0 heterocycles. The topological polar surface area (TPSA) is 3.24 Å². The molecule has 0 saturated heterocycles. The van der Waals surface area contributed by atoms with Crippen LogP contribution in [0.15, 0.2) is 140 Å². The quantitative estimate of drug-likeness (QED) is 0.158. The molecular weight excluding hydrogens is 675 g/mol. The fraction of sp³-hybridized carbons (Fsp3) is 0.345. The third-order valence-electron chi connectivity index (χ3n) is 15.2. The van der Waals surface area contributed by atoms with Crippen LogP contribution in [0, 0.1) is 23.7 Å². The largest absolute Gasteiger partial charge is 0.310 e. The number of hydrogen-bond acceptors (Lipinski definition) is 1. The van der Waals surface area contributed by atoms with Gasteiger partial charge >= 0.3 is 0 Å². The molecule has 0 spiro atoms. The lowest BCUT2D eigenvalue weighted by atomic mass is 9.51. The molecule has 6 aliphatic carbocycles. The van der Waals surface area contributed by atoms with E-state index in [4.69, 9.17) is 0 Å². The highest BCUT2D eigenvalue weighted by Gasteiger charge is 2.48. The summed E-state index contributed by atoms with van der Waals surface area (Å²) in [5.74, 6) is 5.18. The molecule has 0 radical (unpaired) electrons. The van der Waals surface area contributed by atoms with Gasteiger partial charge in [-0.05, 0) is 172 Å². The Balaban J connectivity index is 1.08. The minimum atomic E-state index is -0.141. The minimum absolute atomic E-state index is 0.141. The summed E-state index contributed by atoms with van der Waals surface area (Å²) < 4.78 is 0. The highest BCUT2D eigenvalue weighted by Crippen LogP contribution is 2.60. The minimum Gasteiger partial charge on any atom is -0.310 e. The van der Waals surface area contributed by atoms with Crippen LogP contribution in [-0.2, 0) is 5.41 Å². The van der Waals surface area contributed by atoms with Gasteiger partial charge in [-0.15, -0.1) is 0 Å². The van der Waals surface area contributed by atoms with E-state index in [1.807, 2.05) is 0 Å². The van der Waals surface area contributed by atoms with Gasteiger partial charge in [0.25, 0.3) is 0 Å². The number of fused-ring (bicyclic) bond motifs is 3. The van der Waals surface area contributed by atoms with Crippen LogP contribution in [0.5, 0.6) is 0 Å². The first-order valence-electron chi connectivity index (χ1n) is 21.9. The summed E-state index contributed by atoms with van der Waals surface area (Å²) in [5.41, 5.74) is 17.3. The van der Waals surface area contributed by atoms with Crippen LogP contribution in [0.25, 0.3) is 33.4 Å². The molecule has 5 fully saturated rings. The zero-order valence-corrected chi connectivity index (χ0v) is 33.3. The van der Waals surface area contributed by atoms with Gasteiger partial charge in [0.15, 0.2) is 0 Å². The molecule has 0 aliphatic heterocycles. The van der Waals surface area contributed by atoms with Gasteiger partial charge in [-0.2, -0.15) is 0 Å². The molecule has 0 amide bonds. The fourth-order valence-corrected chi connectivity index (χ4v) is 12.8. The van der Waals surface area contributed by atoms with Crippen molar-refractivity contribution in [1.82, 2.24) is 0 Å². The summed E-state index contributed by atoms with van der Waals surface area (Å²) in [7, 11) is 0. The Morgan fingerprint density at radius 3 is 1.70 bits per heavy atom. The average Bonchev–Trinajstić information content (AvgIpc) is 3.47. The van der Waals surface area contributed by atoms with E-state index < -0.39 is 0 Å². The summed E-state index contributed by atoms with van der Waals surface area (Å²) in [5, 5.41) is 0. The molecule has 1 nitrogen and oxygen atoms in total. The van der Waals surface area contributed by atoms with Crippen LogP contribution < -0.4 is 4.90 Å². The number of nitrogens with zero attached hydrogens (tertiary/aromatic N) is 1. The van der Waals surface area contributed by atoms with Gasteiger partial charge in [0.1, 0.15) is 0 Å². The molecule has 4 bridgehead atoms. The number of benzene rings is 6. The molecule has 280 valence electrons. The van der Waals surface area contributed by atoms with Gasteiger partial charge in [0.05, 0.1) is 0 Å². The molecule has 0 unspecified atom stereocenters. The summed E-state index contributed by atoms with van der Waals surface area (Å²) >= 11 is 0. The van der Waals surface area contributed by atoms with E-state index in [9.17, 15) is 0 Å². The SMILES string of the molecule is CC1(C)c2ccccc2-c2c(-c3ccccc3-c3ccccc3)cc(N(c3ccc(C4CCCCC4)cc3)c3ccc(C4C5CC6CC(C5)CC4C6)cc3)cc21. The molecule has 0 atom stereocenters. The van der Waals surface area contributed by atoms with E-state index in [2.05, 4.69) is 158 Å². The van der Waals surface area contributed by atoms with Crippen molar-refractivity contribution in [1.29, 1.82) is 0 Å². The zero-order chi connectivity index (χ0) is 37.4. The Morgan fingerprint density at radius 1 is 0.464 bits per heavy atom. The molecule has 0 N–H and O–H groups in total. The van der Waals surface area contributed by atoms with E-state index >= 15 is 0 Å². The van der Waals surface area contributed by atoms with Crippen molar-refractivity contribution in [2.75, 3.05) is 4.90 Å². The Hall–Kier alpha value is -4.88. The van der Waals surface area contributed by atoms with Crippen molar-refractivity contribution >= 4 is 17.1 Å². The highest BCUT2D eigenvalue weighted by molar-refractivity contribution is 5.99. The maximum Gasteiger partial charge on any atom is 0.0471 e. The van der Waals surface area contributed by atoms with Gasteiger partial charge in [0, 0.05) is 22.5 Å². The Morgan fingerprint density at radius 2 is 1.04 bits per heavy atom. The first kappa shape index (κ1) is 34.4. The van der Waals surface area contributed by atoms with Gasteiger partial charge in [-0.25, -0.2) is 0 Å². The van der Waals surface area contributed by atoms with Crippen molar-refractivity contribution in [2.24, 2.45) is 23.7 Å². The fourth-order valence-electron chi connectivity index (χ4n) is 12.8. The summed E-state index contributed by atoms with van der Waals surface area (Å²) in [6.45, 7) is 4.86. The molecule has 56 heavy (non-hydrogen) atoms. The second-order valence-corrected chi connectivity index (χ2v) is 18.8. The number of anilines is 3. The summed E-state index contributed by atoms with van der Waals surface area (Å²) in [6, 6.07) is 53.9. The Bertz CT molecular complexity index is 2350. The van der Waals surface area contributed by atoms with Crippen LogP contribution in [-0.4, -0.2) is 0 Å². The third-order valence-corrected chi connectivity index (χ3v) is 15.2. The van der Waals surface area contributed by atoms with E-state index in [-0.39, 0.29) is 5.41 Å². The second-order valence-electron chi connectivity index (χ2n) is 18.8. The monoisotopic (exact) mass is 729 g/mol. The molecule has 12 rings (SSSR count). The molecule has 1 heteroatoms. The van der Waals surface area contributed by atoms with Crippen LogP contribution in [0.4, 0.5) is 17.1 Å². The highest BCUT2D eigenvalue weighted by atomic mass is 15.1. The molecule has 0 aromatic heterocycles. The zero-order valence-electron chi connectivity index (χ0n) is 33.3. The van der Waals surface area contributed by atoms with Crippen LogP contribution in [0.2, 0.25) is 0 Å². The Kier molecular flexibility index (Phi) is 8.38. The van der Waals surface area contributed by atoms with Gasteiger partial charge in [0.2, 0.25) is 0 Å². The van der Waals surface area contributed by atoms with Crippen molar-refractivity contribution in [3.05, 3.63) is 162 Å². The van der Waals surface area contributed by atoms with Crippen molar-refractivity contribution in [3.8, 4) is 33.4 Å². The lowest BCUT2D eigenvalue weighted by molar-refractivity contribution is -0.00277. The first-order valence-corrected chi connectivity index (χ1v) is 21.9. The normalized spacial score (nSPS) is 24.5. The van der Waals surface area contributed by atoms with Crippen LogP contribution in [0.1, 0.15) is 112 Å². The predicted octanol–water partition coefficient (Wildman–Crippen LogP) is 15.4.